The van der Waals surface area contributed by atoms with E-state index in [1.807, 2.05) is 25.1 Å². The number of rotatable bonds is 6. The van der Waals surface area contributed by atoms with Crippen molar-refractivity contribution >= 4 is 28.7 Å². The van der Waals surface area contributed by atoms with Gasteiger partial charge in [0.25, 0.3) is 0 Å². The smallest absolute Gasteiger partial charge is 0.248 e. The summed E-state index contributed by atoms with van der Waals surface area (Å²) in [6.07, 6.45) is 5.68. The first-order chi connectivity index (χ1) is 17.4. The van der Waals surface area contributed by atoms with E-state index in [2.05, 4.69) is 16.8 Å². The van der Waals surface area contributed by atoms with Crippen LogP contribution in [0.25, 0.3) is 22.3 Å². The molecular weight excluding hydrogens is 456 g/mol. The zero-order valence-electron chi connectivity index (χ0n) is 21.2. The number of nitrogens with zero attached hydrogens (tertiary/aromatic N) is 4. The van der Waals surface area contributed by atoms with Gasteiger partial charge in [0.05, 0.1) is 23.3 Å². The Morgan fingerprint density at radius 2 is 1.94 bits per heavy atom. The monoisotopic (exact) mass is 492 g/mol. The standard InChI is InChI=1S/C22H24N6O2.C5H12O/c23-18-16-6-7-17(14-4-3-5-15(12-14)19(24)29)25-20(16)27-21(26-18)28-10-11-30-22(13-28)8-1-2-9-22;1-3-5-6-4-2/h3-7,12H,1-2,8-11,13H2,(H2,24,29)(H2,23,25,26,27);3-5H2,1-2H3. The number of fused-ring (bicyclic) bond motifs is 1. The number of hydrogen-bond acceptors (Lipinski definition) is 8. The van der Waals surface area contributed by atoms with Crippen molar-refractivity contribution < 1.29 is 14.3 Å². The summed E-state index contributed by atoms with van der Waals surface area (Å²) in [5.41, 5.74) is 14.0. The number of carbonyl (C=O) groups excluding carboxylic acids is 1. The van der Waals surface area contributed by atoms with E-state index >= 15 is 0 Å². The molecule has 3 aromatic rings. The molecule has 9 nitrogen and oxygen atoms in total. The molecule has 192 valence electrons. The highest BCUT2D eigenvalue weighted by atomic mass is 16.5. The van der Waals surface area contributed by atoms with E-state index in [1.54, 1.807) is 18.2 Å². The molecule has 2 fully saturated rings. The molecule has 1 spiro atoms. The third-order valence-electron chi connectivity index (χ3n) is 6.62. The van der Waals surface area contributed by atoms with Crippen molar-refractivity contribution in [3.05, 3.63) is 42.0 Å². The average Bonchev–Trinajstić information content (AvgIpc) is 3.34. The third-order valence-corrected chi connectivity index (χ3v) is 6.62. The third kappa shape index (κ3) is 5.91. The fourth-order valence-electron chi connectivity index (χ4n) is 4.78. The predicted octanol–water partition coefficient (Wildman–Crippen LogP) is 3.96. The number of pyridine rings is 1. The lowest BCUT2D eigenvalue weighted by atomic mass is 10.00. The van der Waals surface area contributed by atoms with Crippen molar-refractivity contribution in [2.75, 3.05) is 43.5 Å². The molecule has 1 amide bonds. The number of primary amides is 1. The Bertz CT molecular complexity index is 1190. The van der Waals surface area contributed by atoms with E-state index in [1.165, 1.54) is 12.8 Å². The first-order valence-corrected chi connectivity index (χ1v) is 12.8. The summed E-state index contributed by atoms with van der Waals surface area (Å²) in [4.78, 5) is 27.7. The number of anilines is 2. The van der Waals surface area contributed by atoms with Gasteiger partial charge in [0.1, 0.15) is 5.82 Å². The van der Waals surface area contributed by atoms with Gasteiger partial charge in [-0.3, -0.25) is 4.79 Å². The number of nitrogens with two attached hydrogens (primary N) is 2. The molecule has 1 aliphatic heterocycles. The first-order valence-electron chi connectivity index (χ1n) is 12.8. The van der Waals surface area contributed by atoms with Crippen molar-refractivity contribution in [3.63, 3.8) is 0 Å². The maximum atomic E-state index is 11.5. The van der Waals surface area contributed by atoms with Gasteiger partial charge in [-0.2, -0.15) is 9.97 Å². The molecule has 2 aromatic heterocycles. The highest BCUT2D eigenvalue weighted by molar-refractivity contribution is 5.94. The Morgan fingerprint density at radius 1 is 1.14 bits per heavy atom. The van der Waals surface area contributed by atoms with Crippen LogP contribution in [-0.4, -0.2) is 59.4 Å². The lowest BCUT2D eigenvalue weighted by Crippen LogP contribution is -2.51. The van der Waals surface area contributed by atoms with E-state index in [-0.39, 0.29) is 5.60 Å². The summed E-state index contributed by atoms with van der Waals surface area (Å²) in [6.45, 7) is 8.05. The molecule has 1 saturated carbocycles. The second-order valence-electron chi connectivity index (χ2n) is 9.28. The van der Waals surface area contributed by atoms with Crippen LogP contribution in [-0.2, 0) is 9.47 Å². The van der Waals surface area contributed by atoms with Gasteiger partial charge in [-0.05, 0) is 50.5 Å². The number of hydrogen-bond donors (Lipinski definition) is 2. The van der Waals surface area contributed by atoms with Gasteiger partial charge in [0, 0.05) is 37.4 Å². The van der Waals surface area contributed by atoms with Crippen molar-refractivity contribution in [1.82, 2.24) is 15.0 Å². The number of benzene rings is 1. The molecule has 1 saturated heterocycles. The summed E-state index contributed by atoms with van der Waals surface area (Å²) in [6, 6.07) is 10.8. The second-order valence-corrected chi connectivity index (χ2v) is 9.28. The van der Waals surface area contributed by atoms with Crippen LogP contribution in [0.15, 0.2) is 36.4 Å². The van der Waals surface area contributed by atoms with Crippen LogP contribution in [0.2, 0.25) is 0 Å². The van der Waals surface area contributed by atoms with Gasteiger partial charge >= 0.3 is 0 Å². The van der Waals surface area contributed by atoms with Crippen LogP contribution in [0.4, 0.5) is 11.8 Å². The summed E-state index contributed by atoms with van der Waals surface area (Å²) in [5.74, 6) is 0.525. The summed E-state index contributed by atoms with van der Waals surface area (Å²) >= 11 is 0. The van der Waals surface area contributed by atoms with Gasteiger partial charge in [0.15, 0.2) is 5.65 Å². The summed E-state index contributed by atoms with van der Waals surface area (Å²) in [5, 5.41) is 0.706. The molecule has 2 aliphatic rings. The zero-order chi connectivity index (χ0) is 25.5. The predicted molar refractivity (Wildman–Crippen MR) is 142 cm³/mol. The molecule has 0 bridgehead atoms. The molecule has 1 aromatic carbocycles. The Labute approximate surface area is 212 Å². The molecule has 0 radical (unpaired) electrons. The largest absolute Gasteiger partial charge is 0.383 e. The number of carbonyl (C=O) groups is 1. The minimum atomic E-state index is -0.473. The van der Waals surface area contributed by atoms with Crippen LogP contribution in [0.1, 0.15) is 56.3 Å². The minimum Gasteiger partial charge on any atom is -0.383 e. The molecule has 0 unspecified atom stereocenters. The fraction of sp³-hybridized carbons (Fsp3) is 0.481. The van der Waals surface area contributed by atoms with Crippen molar-refractivity contribution in [2.24, 2.45) is 5.73 Å². The number of ether oxygens (including phenoxy) is 2. The van der Waals surface area contributed by atoms with E-state index in [4.69, 9.17) is 30.9 Å². The van der Waals surface area contributed by atoms with E-state index < -0.39 is 5.91 Å². The molecule has 36 heavy (non-hydrogen) atoms. The van der Waals surface area contributed by atoms with Crippen molar-refractivity contribution in [1.29, 1.82) is 0 Å². The summed E-state index contributed by atoms with van der Waals surface area (Å²) in [7, 11) is 0. The normalized spacial score (nSPS) is 16.7. The molecule has 3 heterocycles. The maximum Gasteiger partial charge on any atom is 0.248 e. The summed E-state index contributed by atoms with van der Waals surface area (Å²) < 4.78 is 11.1. The molecule has 4 N–H and O–H groups in total. The van der Waals surface area contributed by atoms with Crippen LogP contribution in [0.5, 0.6) is 0 Å². The van der Waals surface area contributed by atoms with Gasteiger partial charge in [-0.15, -0.1) is 0 Å². The van der Waals surface area contributed by atoms with Gasteiger partial charge in [-0.1, -0.05) is 31.9 Å². The SMILES string of the molecule is CCCOCC.NC(=O)c1cccc(-c2ccc3c(N)nc(N4CCOC5(CCCC5)C4)nc3n2)c1. The van der Waals surface area contributed by atoms with Crippen molar-refractivity contribution in [3.8, 4) is 11.3 Å². The Kier molecular flexibility index (Phi) is 8.32. The topological polar surface area (TPSA) is 129 Å². The van der Waals surface area contributed by atoms with Crippen molar-refractivity contribution in [2.45, 2.75) is 51.6 Å². The highest BCUT2D eigenvalue weighted by Gasteiger charge is 2.40. The Morgan fingerprint density at radius 3 is 2.64 bits per heavy atom. The quantitative estimate of drug-likeness (QED) is 0.495. The van der Waals surface area contributed by atoms with Crippen LogP contribution in [0, 0.1) is 0 Å². The van der Waals surface area contributed by atoms with E-state index in [0.717, 1.165) is 51.1 Å². The lowest BCUT2D eigenvalue weighted by molar-refractivity contribution is -0.0505. The maximum absolute atomic E-state index is 11.5. The van der Waals surface area contributed by atoms with Crippen LogP contribution in [0.3, 0.4) is 0 Å². The van der Waals surface area contributed by atoms with Gasteiger partial charge in [0.2, 0.25) is 11.9 Å². The minimum absolute atomic E-state index is 0.0875. The molecule has 1 aliphatic carbocycles. The second kappa shape index (κ2) is 11.6. The lowest BCUT2D eigenvalue weighted by Gasteiger charge is -2.40. The van der Waals surface area contributed by atoms with Crippen LogP contribution < -0.4 is 16.4 Å². The van der Waals surface area contributed by atoms with Crippen LogP contribution >= 0.6 is 0 Å². The highest BCUT2D eigenvalue weighted by Crippen LogP contribution is 2.37. The number of aromatic nitrogens is 3. The fourth-order valence-corrected chi connectivity index (χ4v) is 4.78. The zero-order valence-corrected chi connectivity index (χ0v) is 21.2. The molecule has 5 rings (SSSR count). The Balaban J connectivity index is 0.000000455. The molecule has 9 heteroatoms. The van der Waals surface area contributed by atoms with E-state index in [9.17, 15) is 4.79 Å². The molecule has 0 atom stereocenters. The number of amides is 1. The molecular formula is C27H36N6O3. The van der Waals surface area contributed by atoms with Gasteiger partial charge < -0.3 is 25.8 Å². The number of nitrogen functional groups attached to an aromatic ring is 1. The number of morpholine rings is 1. The van der Waals surface area contributed by atoms with Gasteiger partial charge in [-0.25, -0.2) is 4.98 Å². The average molecular weight is 493 g/mol. The van der Waals surface area contributed by atoms with E-state index in [0.29, 0.717) is 40.7 Å². The first kappa shape index (κ1) is 25.8. The Hall–Kier alpha value is -3.30.